The van der Waals surface area contributed by atoms with Crippen molar-refractivity contribution < 1.29 is 18.0 Å². The monoisotopic (exact) mass is 488 g/mol. The van der Waals surface area contributed by atoms with Gasteiger partial charge in [0.1, 0.15) is 4.21 Å². The number of likely N-dealkylation sites (tertiary alicyclic amines) is 1. The van der Waals surface area contributed by atoms with Gasteiger partial charge in [-0.2, -0.15) is 4.31 Å². The molecule has 0 aliphatic carbocycles. The number of amides is 2. The highest BCUT2D eigenvalue weighted by molar-refractivity contribution is 7.91. The molecule has 33 heavy (non-hydrogen) atoms. The van der Waals surface area contributed by atoms with E-state index in [1.54, 1.807) is 27.9 Å². The molecule has 176 valence electrons. The third-order valence-electron chi connectivity index (χ3n) is 6.99. The summed E-state index contributed by atoms with van der Waals surface area (Å²) in [4.78, 5) is 27.1. The van der Waals surface area contributed by atoms with Crippen LogP contribution in [0.5, 0.6) is 0 Å². The van der Waals surface area contributed by atoms with E-state index in [0.717, 1.165) is 44.3 Å². The molecule has 0 saturated carbocycles. The van der Waals surface area contributed by atoms with Gasteiger partial charge in [-0.1, -0.05) is 12.1 Å². The van der Waals surface area contributed by atoms with Gasteiger partial charge in [0.15, 0.2) is 0 Å². The van der Waals surface area contributed by atoms with Crippen molar-refractivity contribution in [1.29, 1.82) is 0 Å². The van der Waals surface area contributed by atoms with Gasteiger partial charge in [-0.05, 0) is 67.9 Å². The number of sulfonamides is 1. The van der Waals surface area contributed by atoms with E-state index in [0.29, 0.717) is 41.1 Å². The molecule has 2 aromatic rings. The fraction of sp³-hybridized carbons (Fsp3) is 0.478. The summed E-state index contributed by atoms with van der Waals surface area (Å²) >= 11 is 1.26. The Bertz CT molecular complexity index is 1130. The summed E-state index contributed by atoms with van der Waals surface area (Å²) in [6.45, 7) is 3.30. The first-order valence-corrected chi connectivity index (χ1v) is 13.7. The number of carbonyl (C=O) groups is 2. The Kier molecular flexibility index (Phi) is 6.26. The molecule has 3 aliphatic rings. The Labute approximate surface area is 198 Å². The van der Waals surface area contributed by atoms with Crippen LogP contribution in [0.3, 0.4) is 0 Å². The van der Waals surface area contributed by atoms with Crippen LogP contribution in [-0.2, 0) is 21.4 Å². The van der Waals surface area contributed by atoms with Crippen molar-refractivity contribution in [3.63, 3.8) is 0 Å². The zero-order chi connectivity index (χ0) is 23.0. The number of piperidine rings is 2. The zero-order valence-corrected chi connectivity index (χ0v) is 20.0. The van der Waals surface area contributed by atoms with Gasteiger partial charge in [0.05, 0.1) is 0 Å². The van der Waals surface area contributed by atoms with Crippen LogP contribution in [0.4, 0.5) is 5.69 Å². The predicted octanol–water partition coefficient (Wildman–Crippen LogP) is 2.50. The minimum Gasteiger partial charge on any atom is -0.348 e. The lowest BCUT2D eigenvalue weighted by molar-refractivity contribution is -0.121. The van der Waals surface area contributed by atoms with E-state index in [-0.39, 0.29) is 17.7 Å². The van der Waals surface area contributed by atoms with E-state index in [4.69, 9.17) is 0 Å². The predicted molar refractivity (Wildman–Crippen MR) is 127 cm³/mol. The second-order valence-electron chi connectivity index (χ2n) is 8.92. The van der Waals surface area contributed by atoms with Gasteiger partial charge in [-0.15, -0.1) is 11.3 Å². The van der Waals surface area contributed by atoms with Crippen LogP contribution in [-0.4, -0.2) is 61.7 Å². The number of fused-ring (bicyclic) bond motifs is 1. The average Bonchev–Trinajstić information content (AvgIpc) is 3.50. The lowest BCUT2D eigenvalue weighted by atomic mass is 9.93. The van der Waals surface area contributed by atoms with E-state index < -0.39 is 10.0 Å². The molecule has 0 unspecified atom stereocenters. The summed E-state index contributed by atoms with van der Waals surface area (Å²) in [5.41, 5.74) is 2.26. The second kappa shape index (κ2) is 9.17. The lowest BCUT2D eigenvalue weighted by Crippen LogP contribution is -2.49. The summed E-state index contributed by atoms with van der Waals surface area (Å²) < 4.78 is 27.5. The standard InChI is InChI=1S/C23H28N4O4S2/c28-22(25-18-4-3-17-15-24-23(29)20(17)14-18)16-5-9-26(10-6-16)19-7-11-27(12-8-19)33(30,31)21-2-1-13-32-21/h1-4,13-14,16,19H,5-12,15H2,(H,24,29)(H,25,28). The highest BCUT2D eigenvalue weighted by Gasteiger charge is 2.34. The SMILES string of the molecule is O=C1NCc2ccc(NC(=O)C3CCN(C4CCN(S(=O)(=O)c5cccs5)CC4)CC3)cc21. The van der Waals surface area contributed by atoms with Crippen molar-refractivity contribution >= 4 is 38.9 Å². The molecule has 2 N–H and O–H groups in total. The summed E-state index contributed by atoms with van der Waals surface area (Å²) in [7, 11) is -3.37. The average molecular weight is 489 g/mol. The molecule has 3 aliphatic heterocycles. The second-order valence-corrected chi connectivity index (χ2v) is 12.0. The number of thiophene rings is 1. The molecule has 8 nitrogen and oxygen atoms in total. The first-order chi connectivity index (χ1) is 15.9. The Hall–Kier alpha value is -2.27. The van der Waals surface area contributed by atoms with Crippen LogP contribution in [0.2, 0.25) is 0 Å². The third kappa shape index (κ3) is 4.57. The number of nitrogens with one attached hydrogen (secondary N) is 2. The van der Waals surface area contributed by atoms with Gasteiger partial charge in [0, 0.05) is 42.8 Å². The number of hydrogen-bond donors (Lipinski definition) is 2. The van der Waals surface area contributed by atoms with Crippen LogP contribution in [0.15, 0.2) is 39.9 Å². The highest BCUT2D eigenvalue weighted by Crippen LogP contribution is 2.29. The molecular formula is C23H28N4O4S2. The molecule has 2 amide bonds. The molecule has 0 spiro atoms. The van der Waals surface area contributed by atoms with Crippen LogP contribution < -0.4 is 10.6 Å². The topological polar surface area (TPSA) is 98.8 Å². The number of anilines is 1. The van der Waals surface area contributed by atoms with Crippen molar-refractivity contribution in [2.75, 3.05) is 31.5 Å². The fourth-order valence-electron chi connectivity index (χ4n) is 5.05. The first kappa shape index (κ1) is 22.5. The Morgan fingerprint density at radius 1 is 1.06 bits per heavy atom. The molecule has 4 heterocycles. The van der Waals surface area contributed by atoms with E-state index in [2.05, 4.69) is 15.5 Å². The van der Waals surface area contributed by atoms with Gasteiger partial charge < -0.3 is 15.5 Å². The van der Waals surface area contributed by atoms with Crippen molar-refractivity contribution in [3.05, 3.63) is 46.8 Å². The Morgan fingerprint density at radius 2 is 1.82 bits per heavy atom. The van der Waals surface area contributed by atoms with Crippen molar-refractivity contribution in [1.82, 2.24) is 14.5 Å². The molecule has 10 heteroatoms. The molecule has 0 radical (unpaired) electrons. The molecule has 2 saturated heterocycles. The zero-order valence-electron chi connectivity index (χ0n) is 18.3. The van der Waals surface area contributed by atoms with Gasteiger partial charge in [0.25, 0.3) is 15.9 Å². The third-order valence-corrected chi connectivity index (χ3v) is 10.3. The van der Waals surface area contributed by atoms with E-state index in [1.807, 2.05) is 12.1 Å². The fourth-order valence-corrected chi connectivity index (χ4v) is 7.66. The van der Waals surface area contributed by atoms with Gasteiger partial charge >= 0.3 is 0 Å². The maximum absolute atomic E-state index is 12.8. The number of carbonyl (C=O) groups excluding carboxylic acids is 2. The first-order valence-electron chi connectivity index (χ1n) is 11.4. The van der Waals surface area contributed by atoms with Gasteiger partial charge in [-0.3, -0.25) is 9.59 Å². The number of benzene rings is 1. The summed E-state index contributed by atoms with van der Waals surface area (Å²) in [5.74, 6) is -0.142. The number of rotatable bonds is 5. The molecule has 2 fully saturated rings. The van der Waals surface area contributed by atoms with Crippen molar-refractivity contribution in [2.45, 2.75) is 42.5 Å². The molecular weight excluding hydrogens is 460 g/mol. The lowest BCUT2D eigenvalue weighted by Gasteiger charge is -2.41. The van der Waals surface area contributed by atoms with E-state index in [1.165, 1.54) is 11.3 Å². The molecule has 1 aromatic heterocycles. The minimum absolute atomic E-state index is 0.00451. The van der Waals surface area contributed by atoms with Crippen LogP contribution in [0.25, 0.3) is 0 Å². The van der Waals surface area contributed by atoms with Gasteiger partial charge in [0.2, 0.25) is 5.91 Å². The maximum Gasteiger partial charge on any atom is 0.252 e. The molecule has 0 atom stereocenters. The molecule has 0 bridgehead atoms. The van der Waals surface area contributed by atoms with Crippen LogP contribution >= 0.6 is 11.3 Å². The molecule has 1 aromatic carbocycles. The summed E-state index contributed by atoms with van der Waals surface area (Å²) in [6, 6.07) is 9.29. The molecule has 5 rings (SSSR count). The van der Waals surface area contributed by atoms with Crippen LogP contribution in [0, 0.1) is 5.92 Å². The minimum atomic E-state index is -3.37. The highest BCUT2D eigenvalue weighted by atomic mass is 32.2. The van der Waals surface area contributed by atoms with E-state index in [9.17, 15) is 18.0 Å². The van der Waals surface area contributed by atoms with E-state index >= 15 is 0 Å². The quantitative estimate of drug-likeness (QED) is 0.674. The summed E-state index contributed by atoms with van der Waals surface area (Å²) in [6.07, 6.45) is 3.20. The van der Waals surface area contributed by atoms with Gasteiger partial charge in [-0.25, -0.2) is 8.42 Å². The Balaban J connectivity index is 1.11. The smallest absolute Gasteiger partial charge is 0.252 e. The largest absolute Gasteiger partial charge is 0.348 e. The van der Waals surface area contributed by atoms with Crippen molar-refractivity contribution in [2.24, 2.45) is 5.92 Å². The van der Waals surface area contributed by atoms with Crippen LogP contribution in [0.1, 0.15) is 41.6 Å². The maximum atomic E-state index is 12.8. The summed E-state index contributed by atoms with van der Waals surface area (Å²) in [5, 5.41) is 7.56. The van der Waals surface area contributed by atoms with Crippen molar-refractivity contribution in [3.8, 4) is 0 Å². The number of nitrogens with zero attached hydrogens (tertiary/aromatic N) is 2. The normalized spacial score (nSPS) is 21.0. The Morgan fingerprint density at radius 3 is 2.52 bits per heavy atom. The number of hydrogen-bond acceptors (Lipinski definition) is 6.